The van der Waals surface area contributed by atoms with Crippen LogP contribution >= 0.6 is 22.7 Å². The molecule has 0 amide bonds. The number of thiophene rings is 1. The molecule has 4 heterocycles. The van der Waals surface area contributed by atoms with Crippen molar-refractivity contribution in [1.29, 1.82) is 0 Å². The van der Waals surface area contributed by atoms with Crippen molar-refractivity contribution in [3.8, 4) is 22.0 Å². The standard InChI is InChI=1S/C30H24N4O4S2/c1-18-25(29(36)38-3)27(19-11-13-22(37-2)14-12-19)34-28(35)24(40-30(34)31-18)16-20-17-33(21-8-5-4-6-9-21)32-26(20)23-10-7-15-39-23/h4-17,27H,1-3H3/b24-16-/t27-/m0/s1. The van der Waals surface area contributed by atoms with Crippen LogP contribution in [-0.2, 0) is 9.53 Å². The van der Waals surface area contributed by atoms with Crippen molar-refractivity contribution in [2.24, 2.45) is 4.99 Å². The normalized spacial score (nSPS) is 15.1. The number of rotatable bonds is 6. The lowest BCUT2D eigenvalue weighted by molar-refractivity contribution is -0.136. The molecule has 0 aliphatic carbocycles. The number of fused-ring (bicyclic) bond motifs is 1. The summed E-state index contributed by atoms with van der Waals surface area (Å²) in [5, 5.41) is 6.86. The summed E-state index contributed by atoms with van der Waals surface area (Å²) in [7, 11) is 2.92. The van der Waals surface area contributed by atoms with Crippen molar-refractivity contribution in [2.45, 2.75) is 13.0 Å². The molecule has 0 spiro atoms. The number of carbonyl (C=O) groups excluding carboxylic acids is 1. The molecule has 0 unspecified atom stereocenters. The molecular formula is C30H24N4O4S2. The van der Waals surface area contributed by atoms with Gasteiger partial charge in [0, 0.05) is 11.8 Å². The van der Waals surface area contributed by atoms with E-state index in [0.29, 0.717) is 26.4 Å². The van der Waals surface area contributed by atoms with Crippen LogP contribution in [0.1, 0.15) is 24.1 Å². The Kier molecular flexibility index (Phi) is 6.79. The lowest BCUT2D eigenvalue weighted by Crippen LogP contribution is -2.39. The van der Waals surface area contributed by atoms with E-state index in [4.69, 9.17) is 14.6 Å². The van der Waals surface area contributed by atoms with Gasteiger partial charge in [-0.15, -0.1) is 11.3 Å². The van der Waals surface area contributed by atoms with Crippen molar-refractivity contribution >= 4 is 34.7 Å². The van der Waals surface area contributed by atoms with E-state index >= 15 is 0 Å². The minimum atomic E-state index is -0.694. The first-order valence-corrected chi connectivity index (χ1v) is 14.1. The second kappa shape index (κ2) is 10.6. The fourth-order valence-corrected chi connectivity index (χ4v) is 6.51. The number of methoxy groups -OCH3 is 2. The quantitative estimate of drug-likeness (QED) is 0.285. The largest absolute Gasteiger partial charge is 0.497 e. The van der Waals surface area contributed by atoms with E-state index in [-0.39, 0.29) is 5.56 Å². The maximum atomic E-state index is 14.0. The highest BCUT2D eigenvalue weighted by Gasteiger charge is 2.33. The Labute approximate surface area is 237 Å². The third kappa shape index (κ3) is 4.51. The summed E-state index contributed by atoms with van der Waals surface area (Å²) in [5.41, 5.74) is 3.84. The van der Waals surface area contributed by atoms with Gasteiger partial charge in [0.2, 0.25) is 0 Å². The Morgan fingerprint density at radius 1 is 1.02 bits per heavy atom. The number of hydrogen-bond acceptors (Lipinski definition) is 8. The highest BCUT2D eigenvalue weighted by Crippen LogP contribution is 2.32. The molecule has 8 nitrogen and oxygen atoms in total. The van der Waals surface area contributed by atoms with Crippen molar-refractivity contribution in [3.63, 3.8) is 0 Å². The van der Waals surface area contributed by atoms with Crippen LogP contribution in [0.4, 0.5) is 0 Å². The summed E-state index contributed by atoms with van der Waals surface area (Å²) >= 11 is 2.87. The minimum Gasteiger partial charge on any atom is -0.497 e. The van der Waals surface area contributed by atoms with Crippen LogP contribution in [0.5, 0.6) is 5.75 Å². The molecule has 0 N–H and O–H groups in total. The number of nitrogens with zero attached hydrogens (tertiary/aromatic N) is 4. The highest BCUT2D eigenvalue weighted by atomic mass is 32.1. The molecule has 1 aliphatic heterocycles. The smallest absolute Gasteiger partial charge is 0.338 e. The van der Waals surface area contributed by atoms with E-state index in [1.807, 2.05) is 76.9 Å². The molecule has 0 radical (unpaired) electrons. The summed E-state index contributed by atoms with van der Waals surface area (Å²) in [6, 6.07) is 20.4. The third-order valence-corrected chi connectivity index (χ3v) is 8.52. The zero-order valence-corrected chi connectivity index (χ0v) is 23.5. The van der Waals surface area contributed by atoms with Crippen molar-refractivity contribution in [2.75, 3.05) is 14.2 Å². The van der Waals surface area contributed by atoms with Crippen molar-refractivity contribution < 1.29 is 14.3 Å². The number of allylic oxidation sites excluding steroid dienone is 1. The third-order valence-electron chi connectivity index (χ3n) is 6.66. The molecule has 0 saturated heterocycles. The fraction of sp³-hybridized carbons (Fsp3) is 0.133. The lowest BCUT2D eigenvalue weighted by Gasteiger charge is -2.24. The fourth-order valence-electron chi connectivity index (χ4n) is 4.75. The Balaban J connectivity index is 1.55. The molecule has 2 aromatic carbocycles. The Hall–Kier alpha value is -4.54. The van der Waals surface area contributed by atoms with Gasteiger partial charge in [-0.1, -0.05) is 47.7 Å². The molecule has 0 bridgehead atoms. The van der Waals surface area contributed by atoms with Gasteiger partial charge in [-0.05, 0) is 54.3 Å². The summed E-state index contributed by atoms with van der Waals surface area (Å²) in [6.07, 6.45) is 3.78. The minimum absolute atomic E-state index is 0.247. The molecule has 1 aliphatic rings. The maximum Gasteiger partial charge on any atom is 0.338 e. The van der Waals surface area contributed by atoms with Crippen LogP contribution in [0.25, 0.3) is 22.3 Å². The molecule has 40 heavy (non-hydrogen) atoms. The molecule has 3 aromatic heterocycles. The molecule has 1 atom stereocenters. The number of aromatic nitrogens is 3. The van der Waals surface area contributed by atoms with Gasteiger partial charge >= 0.3 is 5.97 Å². The van der Waals surface area contributed by atoms with Crippen LogP contribution in [-0.4, -0.2) is 34.5 Å². The monoisotopic (exact) mass is 568 g/mol. The van der Waals surface area contributed by atoms with E-state index in [1.54, 1.807) is 42.1 Å². The Morgan fingerprint density at radius 3 is 2.48 bits per heavy atom. The maximum absolute atomic E-state index is 14.0. The topological polar surface area (TPSA) is 87.7 Å². The van der Waals surface area contributed by atoms with Gasteiger partial charge in [0.1, 0.15) is 11.4 Å². The van der Waals surface area contributed by atoms with E-state index in [2.05, 4.69) is 4.99 Å². The Bertz CT molecular complexity index is 1920. The van der Waals surface area contributed by atoms with Crippen molar-refractivity contribution in [3.05, 3.63) is 120 Å². The zero-order valence-electron chi connectivity index (χ0n) is 21.9. The Morgan fingerprint density at radius 2 is 1.80 bits per heavy atom. The van der Waals surface area contributed by atoms with Crippen LogP contribution in [0.15, 0.2) is 99.4 Å². The van der Waals surface area contributed by atoms with Gasteiger partial charge in [0.05, 0.1) is 46.6 Å². The number of hydrogen-bond donors (Lipinski definition) is 0. The van der Waals surface area contributed by atoms with Crippen molar-refractivity contribution in [1.82, 2.24) is 14.3 Å². The molecule has 6 rings (SSSR count). The zero-order chi connectivity index (χ0) is 27.8. The molecule has 200 valence electrons. The number of carbonyl (C=O) groups is 1. The van der Waals surface area contributed by atoms with Gasteiger partial charge in [-0.3, -0.25) is 9.36 Å². The first kappa shape index (κ1) is 25.7. The SMILES string of the molecule is COC(=O)C1=C(C)N=c2s/c(=C\c3cn(-c4ccccc4)nc3-c3cccs3)c(=O)n2[C@H]1c1ccc(OC)cc1. The average molecular weight is 569 g/mol. The molecule has 0 saturated carbocycles. The van der Waals surface area contributed by atoms with Gasteiger partial charge in [0.25, 0.3) is 5.56 Å². The number of esters is 1. The van der Waals surface area contributed by atoms with Crippen LogP contribution in [0.2, 0.25) is 0 Å². The van der Waals surface area contributed by atoms with Gasteiger partial charge in [-0.2, -0.15) is 5.10 Å². The molecule has 10 heteroatoms. The predicted octanol–water partition coefficient (Wildman–Crippen LogP) is 4.33. The molecule has 5 aromatic rings. The highest BCUT2D eigenvalue weighted by molar-refractivity contribution is 7.13. The second-order valence-corrected chi connectivity index (χ2v) is 11.0. The van der Waals surface area contributed by atoms with E-state index in [0.717, 1.165) is 27.4 Å². The predicted molar refractivity (Wildman–Crippen MR) is 156 cm³/mol. The van der Waals surface area contributed by atoms with Gasteiger partial charge < -0.3 is 9.47 Å². The number of para-hydroxylation sites is 1. The van der Waals surface area contributed by atoms with Gasteiger partial charge in [-0.25, -0.2) is 14.5 Å². The van der Waals surface area contributed by atoms with Gasteiger partial charge in [0.15, 0.2) is 4.80 Å². The van der Waals surface area contributed by atoms with Crippen LogP contribution < -0.4 is 19.6 Å². The summed E-state index contributed by atoms with van der Waals surface area (Å²) in [4.78, 5) is 33.1. The number of benzene rings is 2. The second-order valence-electron chi connectivity index (χ2n) is 9.04. The summed E-state index contributed by atoms with van der Waals surface area (Å²) in [6.45, 7) is 1.76. The van der Waals surface area contributed by atoms with E-state index < -0.39 is 12.0 Å². The van der Waals surface area contributed by atoms with E-state index in [1.165, 1.54) is 18.4 Å². The average Bonchev–Trinajstić information content (AvgIpc) is 3.73. The van der Waals surface area contributed by atoms with Crippen LogP contribution in [0.3, 0.4) is 0 Å². The molecule has 0 fully saturated rings. The number of ether oxygens (including phenoxy) is 2. The summed E-state index contributed by atoms with van der Waals surface area (Å²) < 4.78 is 14.3. The lowest BCUT2D eigenvalue weighted by atomic mass is 9.96. The first-order valence-electron chi connectivity index (χ1n) is 12.4. The number of thiazole rings is 1. The van der Waals surface area contributed by atoms with E-state index in [9.17, 15) is 9.59 Å². The first-order chi connectivity index (χ1) is 19.5. The van der Waals surface area contributed by atoms with Crippen LogP contribution in [0, 0.1) is 0 Å². The summed E-state index contributed by atoms with van der Waals surface area (Å²) in [5.74, 6) is 0.147. The molecular weight excluding hydrogens is 544 g/mol.